The molecule has 104 valence electrons. The smallest absolute Gasteiger partial charge is 0.139 e. The molecule has 1 aromatic rings. The fraction of sp³-hybridized carbons (Fsp3) is 0.769. The summed E-state index contributed by atoms with van der Waals surface area (Å²) in [6, 6.07) is 0. The van der Waals surface area contributed by atoms with Crippen LogP contribution in [-0.2, 0) is 16.1 Å². The van der Waals surface area contributed by atoms with E-state index in [1.165, 1.54) is 0 Å². The predicted octanol–water partition coefficient (Wildman–Crippen LogP) is 1.99. The molecular formula is C13H23NO4. The molecule has 0 aromatic carbocycles. The van der Waals surface area contributed by atoms with Crippen LogP contribution in [0.3, 0.4) is 0 Å². The Morgan fingerprint density at radius 3 is 2.72 bits per heavy atom. The monoisotopic (exact) mass is 257 g/mol. The minimum atomic E-state index is -0.253. The number of unbranched alkanes of at least 4 members (excludes halogenated alkanes) is 1. The number of aromatic nitrogens is 1. The minimum absolute atomic E-state index is 0.0225. The van der Waals surface area contributed by atoms with Crippen LogP contribution in [0.4, 0.5) is 0 Å². The number of nitrogens with zero attached hydrogens (tertiary/aromatic N) is 1. The van der Waals surface area contributed by atoms with Crippen LogP contribution in [0.2, 0.25) is 0 Å². The van der Waals surface area contributed by atoms with Gasteiger partial charge in [-0.3, -0.25) is 0 Å². The van der Waals surface area contributed by atoms with Crippen molar-refractivity contribution in [3.05, 3.63) is 17.0 Å². The van der Waals surface area contributed by atoms with Crippen molar-refractivity contribution in [2.24, 2.45) is 0 Å². The van der Waals surface area contributed by atoms with Crippen molar-refractivity contribution in [1.29, 1.82) is 0 Å². The third kappa shape index (κ3) is 4.76. The Hall–Kier alpha value is -0.910. The second-order valence-corrected chi connectivity index (χ2v) is 4.35. The largest absolute Gasteiger partial charge is 0.394 e. The van der Waals surface area contributed by atoms with E-state index >= 15 is 0 Å². The lowest BCUT2D eigenvalue weighted by molar-refractivity contribution is -0.0472. The molecule has 0 saturated carbocycles. The summed E-state index contributed by atoms with van der Waals surface area (Å²) in [7, 11) is 0. The standard InChI is InChI=1S/C13H23NO4/c1-4-5-6-17-12(7-15)8-16-9-13-10(2)14-18-11(13)3/h12,15H,4-9H2,1-3H3. The van der Waals surface area contributed by atoms with Crippen molar-refractivity contribution >= 4 is 0 Å². The fourth-order valence-electron chi connectivity index (χ4n) is 1.55. The predicted molar refractivity (Wildman–Crippen MR) is 67.4 cm³/mol. The summed E-state index contributed by atoms with van der Waals surface area (Å²) in [5.74, 6) is 0.778. The van der Waals surface area contributed by atoms with Crippen molar-refractivity contribution in [3.8, 4) is 0 Å². The summed E-state index contributed by atoms with van der Waals surface area (Å²) in [5.41, 5.74) is 1.82. The molecular weight excluding hydrogens is 234 g/mol. The molecule has 0 aliphatic rings. The van der Waals surface area contributed by atoms with E-state index in [0.717, 1.165) is 29.9 Å². The van der Waals surface area contributed by atoms with Crippen LogP contribution >= 0.6 is 0 Å². The van der Waals surface area contributed by atoms with E-state index in [9.17, 15) is 0 Å². The Bertz CT molecular complexity index is 318. The van der Waals surface area contributed by atoms with Crippen LogP contribution < -0.4 is 0 Å². The zero-order valence-corrected chi connectivity index (χ0v) is 11.4. The number of ether oxygens (including phenoxy) is 2. The van der Waals surface area contributed by atoms with Crippen LogP contribution in [0.1, 0.15) is 36.8 Å². The van der Waals surface area contributed by atoms with Crippen molar-refractivity contribution in [2.45, 2.75) is 46.3 Å². The Kier molecular flexibility index (Phi) is 6.93. The molecule has 0 radical (unpaired) electrons. The zero-order valence-electron chi connectivity index (χ0n) is 11.4. The molecule has 1 aromatic heterocycles. The average molecular weight is 257 g/mol. The summed E-state index contributed by atoms with van der Waals surface area (Å²) in [4.78, 5) is 0. The summed E-state index contributed by atoms with van der Waals surface area (Å²) >= 11 is 0. The molecule has 0 saturated heterocycles. The van der Waals surface area contributed by atoms with E-state index in [4.69, 9.17) is 19.1 Å². The Balaban J connectivity index is 2.27. The lowest BCUT2D eigenvalue weighted by Gasteiger charge is -2.15. The minimum Gasteiger partial charge on any atom is -0.394 e. The number of rotatable bonds is 9. The lowest BCUT2D eigenvalue weighted by Crippen LogP contribution is -2.24. The maximum atomic E-state index is 9.16. The van der Waals surface area contributed by atoms with Crippen molar-refractivity contribution < 1.29 is 19.1 Å². The van der Waals surface area contributed by atoms with Gasteiger partial charge in [0.2, 0.25) is 0 Å². The summed E-state index contributed by atoms with van der Waals surface area (Å²) < 4.78 is 16.1. The first-order valence-electron chi connectivity index (χ1n) is 6.41. The van der Waals surface area contributed by atoms with Gasteiger partial charge in [0.1, 0.15) is 11.9 Å². The topological polar surface area (TPSA) is 64.7 Å². The molecule has 1 unspecified atom stereocenters. The zero-order chi connectivity index (χ0) is 13.4. The van der Waals surface area contributed by atoms with Gasteiger partial charge in [0.05, 0.1) is 25.5 Å². The highest BCUT2D eigenvalue weighted by atomic mass is 16.5. The van der Waals surface area contributed by atoms with E-state index in [1.807, 2.05) is 13.8 Å². The molecule has 0 bridgehead atoms. The Labute approximate surface area is 108 Å². The third-order valence-electron chi connectivity index (χ3n) is 2.79. The van der Waals surface area contributed by atoms with Crippen molar-refractivity contribution in [2.75, 3.05) is 19.8 Å². The van der Waals surface area contributed by atoms with Crippen LogP contribution in [0.15, 0.2) is 4.52 Å². The first-order chi connectivity index (χ1) is 8.69. The highest BCUT2D eigenvalue weighted by Crippen LogP contribution is 2.13. The van der Waals surface area contributed by atoms with Gasteiger partial charge in [-0.15, -0.1) is 0 Å². The molecule has 0 aliphatic heterocycles. The van der Waals surface area contributed by atoms with E-state index in [0.29, 0.717) is 19.8 Å². The molecule has 0 spiro atoms. The molecule has 1 heterocycles. The number of aliphatic hydroxyl groups excluding tert-OH is 1. The first kappa shape index (κ1) is 15.1. The van der Waals surface area contributed by atoms with Gasteiger partial charge in [-0.2, -0.15) is 0 Å². The highest BCUT2D eigenvalue weighted by molar-refractivity contribution is 5.19. The van der Waals surface area contributed by atoms with Gasteiger partial charge in [-0.1, -0.05) is 18.5 Å². The molecule has 0 amide bonds. The molecule has 1 atom stereocenters. The SMILES string of the molecule is CCCCOC(CO)COCc1c(C)noc1C. The maximum Gasteiger partial charge on any atom is 0.139 e. The Morgan fingerprint density at radius 1 is 1.39 bits per heavy atom. The maximum absolute atomic E-state index is 9.16. The quantitative estimate of drug-likeness (QED) is 0.685. The molecule has 1 N–H and O–H groups in total. The first-order valence-corrected chi connectivity index (χ1v) is 6.41. The lowest BCUT2D eigenvalue weighted by atomic mass is 10.2. The van der Waals surface area contributed by atoms with Gasteiger partial charge in [-0.05, 0) is 20.3 Å². The summed E-state index contributed by atoms with van der Waals surface area (Å²) in [6.45, 7) is 7.31. The van der Waals surface area contributed by atoms with Gasteiger partial charge in [0.15, 0.2) is 0 Å². The summed E-state index contributed by atoms with van der Waals surface area (Å²) in [5, 5.41) is 13.0. The van der Waals surface area contributed by atoms with E-state index in [-0.39, 0.29) is 12.7 Å². The van der Waals surface area contributed by atoms with Crippen LogP contribution in [0.25, 0.3) is 0 Å². The van der Waals surface area contributed by atoms with Crippen molar-refractivity contribution in [3.63, 3.8) is 0 Å². The number of hydrogen-bond acceptors (Lipinski definition) is 5. The molecule has 5 heteroatoms. The highest BCUT2D eigenvalue weighted by Gasteiger charge is 2.11. The second-order valence-electron chi connectivity index (χ2n) is 4.35. The average Bonchev–Trinajstić information content (AvgIpc) is 2.68. The van der Waals surface area contributed by atoms with Crippen LogP contribution in [0, 0.1) is 13.8 Å². The van der Waals surface area contributed by atoms with Crippen LogP contribution in [0.5, 0.6) is 0 Å². The number of aliphatic hydroxyl groups is 1. The molecule has 1 rings (SSSR count). The number of aryl methyl sites for hydroxylation is 2. The Morgan fingerprint density at radius 2 is 2.17 bits per heavy atom. The second kappa shape index (κ2) is 8.24. The molecule has 5 nitrogen and oxygen atoms in total. The van der Waals surface area contributed by atoms with Gasteiger partial charge < -0.3 is 19.1 Å². The number of hydrogen-bond donors (Lipinski definition) is 1. The van der Waals surface area contributed by atoms with Gasteiger partial charge in [0.25, 0.3) is 0 Å². The molecule has 18 heavy (non-hydrogen) atoms. The van der Waals surface area contributed by atoms with E-state index in [1.54, 1.807) is 0 Å². The van der Waals surface area contributed by atoms with E-state index in [2.05, 4.69) is 12.1 Å². The van der Waals surface area contributed by atoms with E-state index < -0.39 is 0 Å². The normalized spacial score (nSPS) is 12.9. The van der Waals surface area contributed by atoms with Gasteiger partial charge in [-0.25, -0.2) is 0 Å². The van der Waals surface area contributed by atoms with Crippen LogP contribution in [-0.4, -0.2) is 36.2 Å². The van der Waals surface area contributed by atoms with Gasteiger partial charge >= 0.3 is 0 Å². The third-order valence-corrected chi connectivity index (χ3v) is 2.79. The van der Waals surface area contributed by atoms with Gasteiger partial charge in [0, 0.05) is 12.2 Å². The molecule has 0 fully saturated rings. The molecule has 0 aliphatic carbocycles. The van der Waals surface area contributed by atoms with Crippen molar-refractivity contribution in [1.82, 2.24) is 5.16 Å². The fourth-order valence-corrected chi connectivity index (χ4v) is 1.55. The summed E-state index contributed by atoms with van der Waals surface area (Å²) in [6.07, 6.45) is 1.83.